The fourth-order valence-corrected chi connectivity index (χ4v) is 1.82. The van der Waals surface area contributed by atoms with Crippen molar-refractivity contribution < 1.29 is 19.5 Å². The van der Waals surface area contributed by atoms with Crippen LogP contribution in [0.4, 0.5) is 10.5 Å². The molecule has 2 N–H and O–H groups in total. The number of nitrogens with zero attached hydrogens (tertiary/aromatic N) is 2. The van der Waals surface area contributed by atoms with Gasteiger partial charge in [-0.25, -0.2) is 9.69 Å². The second kappa shape index (κ2) is 5.07. The van der Waals surface area contributed by atoms with Crippen LogP contribution in [0.2, 0.25) is 0 Å². The Morgan fingerprint density at radius 1 is 1.32 bits per heavy atom. The van der Waals surface area contributed by atoms with Crippen LogP contribution < -0.4 is 10.2 Å². The third-order valence-corrected chi connectivity index (χ3v) is 2.87. The van der Waals surface area contributed by atoms with Crippen molar-refractivity contribution in [2.75, 3.05) is 25.2 Å². The summed E-state index contributed by atoms with van der Waals surface area (Å²) in [7, 11) is 1.53. The highest BCUT2D eigenvalue weighted by Crippen LogP contribution is 2.21. The van der Waals surface area contributed by atoms with E-state index < -0.39 is 18.7 Å². The largest absolute Gasteiger partial charge is 0.376 e. The molecule has 0 bridgehead atoms. The Labute approximate surface area is 109 Å². The van der Waals surface area contributed by atoms with Crippen LogP contribution in [0, 0.1) is 0 Å². The van der Waals surface area contributed by atoms with Crippen molar-refractivity contribution >= 4 is 23.5 Å². The zero-order chi connectivity index (χ0) is 14.0. The number of anilines is 1. The Balaban J connectivity index is 2.22. The maximum atomic E-state index is 11.8. The van der Waals surface area contributed by atoms with Crippen LogP contribution in [0.15, 0.2) is 24.3 Å². The van der Waals surface area contributed by atoms with Crippen molar-refractivity contribution in [2.45, 2.75) is 0 Å². The Bertz CT molecular complexity index is 526. The number of aliphatic hydroxyl groups excluding tert-OH is 1. The number of carbonyl (C=O) groups excluding carboxylic acids is 3. The summed E-state index contributed by atoms with van der Waals surface area (Å²) in [5.41, 5.74) is 0.963. The van der Waals surface area contributed by atoms with Crippen LogP contribution in [0.5, 0.6) is 0 Å². The lowest BCUT2D eigenvalue weighted by Gasteiger charge is -2.15. The maximum absolute atomic E-state index is 11.8. The molecule has 7 nitrogen and oxygen atoms in total. The highest BCUT2D eigenvalue weighted by molar-refractivity contribution is 6.12. The summed E-state index contributed by atoms with van der Waals surface area (Å²) in [6, 6.07) is 5.72. The molecule has 0 unspecified atom stereocenters. The molecule has 0 atom stereocenters. The summed E-state index contributed by atoms with van der Waals surface area (Å²) >= 11 is 0. The van der Waals surface area contributed by atoms with Crippen molar-refractivity contribution in [3.8, 4) is 0 Å². The Morgan fingerprint density at radius 3 is 2.42 bits per heavy atom. The predicted octanol–water partition coefficient (Wildman–Crippen LogP) is -0.235. The summed E-state index contributed by atoms with van der Waals surface area (Å²) in [6.07, 6.45) is 0. The quantitative estimate of drug-likeness (QED) is 0.737. The molecular weight excluding hydrogens is 250 g/mol. The molecule has 1 aromatic carbocycles. The number of hydrogen-bond donors (Lipinski definition) is 2. The molecule has 0 spiro atoms. The van der Waals surface area contributed by atoms with Gasteiger partial charge in [-0.2, -0.15) is 0 Å². The second-order valence-electron chi connectivity index (χ2n) is 3.96. The SMILES string of the molecule is CNC(=O)c1ccc(N2CC(=O)N(CO)C2=O)cc1. The van der Waals surface area contributed by atoms with Gasteiger partial charge in [0.05, 0.1) is 0 Å². The van der Waals surface area contributed by atoms with E-state index in [0.717, 1.165) is 4.90 Å². The fourth-order valence-electron chi connectivity index (χ4n) is 1.82. The third kappa shape index (κ3) is 2.27. The summed E-state index contributed by atoms with van der Waals surface area (Å²) in [5.74, 6) is -0.685. The molecular formula is C12H13N3O4. The van der Waals surface area contributed by atoms with E-state index in [2.05, 4.69) is 5.32 Å². The van der Waals surface area contributed by atoms with Gasteiger partial charge < -0.3 is 10.4 Å². The van der Waals surface area contributed by atoms with E-state index in [1.54, 1.807) is 24.3 Å². The van der Waals surface area contributed by atoms with Crippen LogP contribution >= 0.6 is 0 Å². The third-order valence-electron chi connectivity index (χ3n) is 2.87. The molecule has 0 aliphatic carbocycles. The minimum Gasteiger partial charge on any atom is -0.376 e. The van der Waals surface area contributed by atoms with E-state index in [4.69, 9.17) is 5.11 Å². The molecule has 1 aromatic rings. The molecule has 19 heavy (non-hydrogen) atoms. The van der Waals surface area contributed by atoms with Crippen LogP contribution in [-0.4, -0.2) is 48.2 Å². The molecule has 0 saturated carbocycles. The Morgan fingerprint density at radius 2 is 1.95 bits per heavy atom. The average Bonchev–Trinajstić information content (AvgIpc) is 2.72. The van der Waals surface area contributed by atoms with Gasteiger partial charge in [0.25, 0.3) is 11.8 Å². The fraction of sp³-hybridized carbons (Fsp3) is 0.250. The van der Waals surface area contributed by atoms with Gasteiger partial charge in [-0.3, -0.25) is 14.5 Å². The predicted molar refractivity (Wildman–Crippen MR) is 66.5 cm³/mol. The van der Waals surface area contributed by atoms with Crippen LogP contribution in [0.3, 0.4) is 0 Å². The first-order valence-electron chi connectivity index (χ1n) is 5.63. The molecule has 100 valence electrons. The minimum atomic E-state index is -0.634. The molecule has 1 aliphatic heterocycles. The Hall–Kier alpha value is -2.41. The normalized spacial score (nSPS) is 15.1. The summed E-state index contributed by atoms with van der Waals surface area (Å²) in [4.78, 5) is 36.6. The number of urea groups is 1. The number of benzene rings is 1. The lowest BCUT2D eigenvalue weighted by atomic mass is 10.2. The molecule has 0 radical (unpaired) electrons. The molecule has 0 aromatic heterocycles. The topological polar surface area (TPSA) is 90.0 Å². The average molecular weight is 263 g/mol. The van der Waals surface area contributed by atoms with E-state index in [0.29, 0.717) is 11.3 Å². The number of aliphatic hydroxyl groups is 1. The van der Waals surface area contributed by atoms with Crippen LogP contribution in [0.1, 0.15) is 10.4 Å². The summed E-state index contributed by atoms with van der Waals surface area (Å²) in [5, 5.41) is 11.4. The number of imide groups is 1. The van der Waals surface area contributed by atoms with Gasteiger partial charge in [-0.1, -0.05) is 0 Å². The van der Waals surface area contributed by atoms with Gasteiger partial charge in [0.2, 0.25) is 0 Å². The van der Waals surface area contributed by atoms with Crippen molar-refractivity contribution in [2.24, 2.45) is 0 Å². The first kappa shape index (κ1) is 13.0. The Kier molecular flexibility index (Phi) is 3.48. The smallest absolute Gasteiger partial charge is 0.333 e. The van der Waals surface area contributed by atoms with E-state index in [1.807, 2.05) is 0 Å². The second-order valence-corrected chi connectivity index (χ2v) is 3.96. The standard InChI is InChI=1S/C12H13N3O4/c1-13-11(18)8-2-4-9(5-3-8)14-6-10(17)15(7-16)12(14)19/h2-5,16H,6-7H2,1H3,(H,13,18). The molecule has 1 fully saturated rings. The number of nitrogens with one attached hydrogen (secondary N) is 1. The van der Waals surface area contributed by atoms with Crippen LogP contribution in [-0.2, 0) is 4.79 Å². The lowest BCUT2D eigenvalue weighted by Crippen LogP contribution is -2.33. The lowest BCUT2D eigenvalue weighted by molar-refractivity contribution is -0.127. The molecule has 1 saturated heterocycles. The van der Waals surface area contributed by atoms with Gasteiger partial charge in [0.1, 0.15) is 13.3 Å². The van der Waals surface area contributed by atoms with Crippen molar-refractivity contribution in [1.82, 2.24) is 10.2 Å². The number of rotatable bonds is 3. The summed E-state index contributed by atoms with van der Waals surface area (Å²) < 4.78 is 0. The first-order valence-corrected chi connectivity index (χ1v) is 5.63. The van der Waals surface area contributed by atoms with E-state index in [1.165, 1.54) is 11.9 Å². The first-order chi connectivity index (χ1) is 9.08. The highest BCUT2D eigenvalue weighted by atomic mass is 16.3. The van der Waals surface area contributed by atoms with Gasteiger partial charge in [0, 0.05) is 18.3 Å². The molecule has 4 amide bonds. The number of carbonyl (C=O) groups is 3. The van der Waals surface area contributed by atoms with E-state index in [-0.39, 0.29) is 12.5 Å². The number of amides is 4. The molecule has 7 heteroatoms. The van der Waals surface area contributed by atoms with Gasteiger partial charge >= 0.3 is 6.03 Å². The number of hydrogen-bond acceptors (Lipinski definition) is 4. The zero-order valence-electron chi connectivity index (χ0n) is 10.3. The van der Waals surface area contributed by atoms with Gasteiger partial charge in [-0.05, 0) is 24.3 Å². The van der Waals surface area contributed by atoms with Crippen molar-refractivity contribution in [3.05, 3.63) is 29.8 Å². The monoisotopic (exact) mass is 263 g/mol. The minimum absolute atomic E-state index is 0.112. The molecule has 1 heterocycles. The summed E-state index contributed by atoms with van der Waals surface area (Å²) in [6.45, 7) is -0.747. The van der Waals surface area contributed by atoms with Gasteiger partial charge in [0.15, 0.2) is 0 Å². The van der Waals surface area contributed by atoms with Crippen molar-refractivity contribution in [1.29, 1.82) is 0 Å². The molecule has 2 rings (SSSR count). The maximum Gasteiger partial charge on any atom is 0.333 e. The molecule has 1 aliphatic rings. The highest BCUT2D eigenvalue weighted by Gasteiger charge is 2.36. The van der Waals surface area contributed by atoms with E-state index >= 15 is 0 Å². The zero-order valence-corrected chi connectivity index (χ0v) is 10.3. The van der Waals surface area contributed by atoms with Crippen LogP contribution in [0.25, 0.3) is 0 Å². The van der Waals surface area contributed by atoms with E-state index in [9.17, 15) is 14.4 Å². The van der Waals surface area contributed by atoms with Crippen molar-refractivity contribution in [3.63, 3.8) is 0 Å². The van der Waals surface area contributed by atoms with Gasteiger partial charge in [-0.15, -0.1) is 0 Å².